The summed E-state index contributed by atoms with van der Waals surface area (Å²) in [7, 11) is 1.37. The van der Waals surface area contributed by atoms with Gasteiger partial charge in [-0.2, -0.15) is 0 Å². The number of carbonyl (C=O) groups excluding carboxylic acids is 2. The minimum absolute atomic E-state index is 0.0144. The first-order valence-corrected chi connectivity index (χ1v) is 7.91. The average Bonchev–Trinajstić information content (AvgIpc) is 2.56. The van der Waals surface area contributed by atoms with Gasteiger partial charge in [-0.3, -0.25) is 14.5 Å². The van der Waals surface area contributed by atoms with E-state index in [1.165, 1.54) is 19.2 Å². The Morgan fingerprint density at radius 1 is 1.39 bits per heavy atom. The Bertz CT molecular complexity index is 585. The monoisotopic (exact) mass is 340 g/mol. The number of hydrogen-bond donors (Lipinski definition) is 2. The van der Waals surface area contributed by atoms with Crippen LogP contribution in [0.4, 0.5) is 5.69 Å². The molecule has 2 N–H and O–H groups in total. The van der Waals surface area contributed by atoms with Crippen molar-refractivity contribution in [2.24, 2.45) is 5.92 Å². The van der Waals surface area contributed by atoms with E-state index in [4.69, 9.17) is 16.3 Å². The van der Waals surface area contributed by atoms with E-state index in [9.17, 15) is 14.7 Å². The molecule has 1 aliphatic rings. The van der Waals surface area contributed by atoms with Gasteiger partial charge < -0.3 is 15.2 Å². The number of phenols is 1. The summed E-state index contributed by atoms with van der Waals surface area (Å²) in [6, 6.07) is 4.21. The zero-order valence-electron chi connectivity index (χ0n) is 13.2. The summed E-state index contributed by atoms with van der Waals surface area (Å²) >= 11 is 5.87. The molecular formula is C16H21ClN2O4. The maximum atomic E-state index is 12.3. The summed E-state index contributed by atoms with van der Waals surface area (Å²) < 4.78 is 4.74. The SMILES string of the molecule is COC(=O)C(C)N1CCC(C(=O)Nc2cc(Cl)ccc2O)CC1. The fraction of sp³-hybridized carbons (Fsp3) is 0.500. The molecule has 1 aromatic carbocycles. The molecule has 126 valence electrons. The number of ether oxygens (including phenoxy) is 1. The van der Waals surface area contributed by atoms with Crippen molar-refractivity contribution in [1.29, 1.82) is 0 Å². The summed E-state index contributed by atoms with van der Waals surface area (Å²) in [4.78, 5) is 25.9. The van der Waals surface area contributed by atoms with Crippen LogP contribution >= 0.6 is 11.6 Å². The van der Waals surface area contributed by atoms with Crippen molar-refractivity contribution in [3.05, 3.63) is 23.2 Å². The number of carbonyl (C=O) groups is 2. The molecule has 1 fully saturated rings. The van der Waals surface area contributed by atoms with Crippen molar-refractivity contribution in [3.8, 4) is 5.75 Å². The molecule has 1 aromatic rings. The van der Waals surface area contributed by atoms with Crippen LogP contribution in [-0.4, -0.2) is 48.1 Å². The van der Waals surface area contributed by atoms with Crippen molar-refractivity contribution < 1.29 is 19.4 Å². The quantitative estimate of drug-likeness (QED) is 0.649. The zero-order valence-corrected chi connectivity index (χ0v) is 14.0. The first kappa shape index (κ1) is 17.6. The van der Waals surface area contributed by atoms with Gasteiger partial charge in [0.2, 0.25) is 5.91 Å². The molecule has 0 aliphatic carbocycles. The fourth-order valence-corrected chi connectivity index (χ4v) is 2.88. The highest BCUT2D eigenvalue weighted by Crippen LogP contribution is 2.28. The van der Waals surface area contributed by atoms with Crippen LogP contribution < -0.4 is 5.32 Å². The second-order valence-corrected chi connectivity index (χ2v) is 6.10. The summed E-state index contributed by atoms with van der Waals surface area (Å²) in [6.07, 6.45) is 1.29. The Morgan fingerprint density at radius 3 is 2.65 bits per heavy atom. The van der Waals surface area contributed by atoms with E-state index in [1.54, 1.807) is 13.0 Å². The van der Waals surface area contributed by atoms with E-state index in [1.807, 2.05) is 4.90 Å². The lowest BCUT2D eigenvalue weighted by atomic mass is 9.95. The number of likely N-dealkylation sites (tertiary alicyclic amines) is 1. The molecule has 0 saturated carbocycles. The van der Waals surface area contributed by atoms with Crippen LogP contribution in [0.5, 0.6) is 5.75 Å². The highest BCUT2D eigenvalue weighted by atomic mass is 35.5. The van der Waals surface area contributed by atoms with E-state index in [2.05, 4.69) is 5.32 Å². The number of benzene rings is 1. The number of esters is 1. The van der Waals surface area contributed by atoms with Crippen LogP contribution in [-0.2, 0) is 14.3 Å². The molecular weight excluding hydrogens is 320 g/mol. The minimum atomic E-state index is -0.305. The second-order valence-electron chi connectivity index (χ2n) is 5.66. The molecule has 1 saturated heterocycles. The van der Waals surface area contributed by atoms with Gasteiger partial charge in [0.05, 0.1) is 12.8 Å². The minimum Gasteiger partial charge on any atom is -0.506 e. The number of nitrogens with zero attached hydrogens (tertiary/aromatic N) is 1. The summed E-state index contributed by atoms with van der Waals surface area (Å²) in [6.45, 7) is 3.10. The predicted octanol–water partition coefficient (Wildman–Crippen LogP) is 2.26. The van der Waals surface area contributed by atoms with E-state index in [0.717, 1.165) is 0 Å². The van der Waals surface area contributed by atoms with Gasteiger partial charge in [0.1, 0.15) is 11.8 Å². The number of phenolic OH excluding ortho intramolecular Hbond substituents is 1. The maximum absolute atomic E-state index is 12.3. The Balaban J connectivity index is 1.91. The Kier molecular flexibility index (Phi) is 5.85. The molecule has 1 aliphatic heterocycles. The third-order valence-corrected chi connectivity index (χ3v) is 4.44. The van der Waals surface area contributed by atoms with Gasteiger partial charge >= 0.3 is 5.97 Å². The summed E-state index contributed by atoms with van der Waals surface area (Å²) in [5.74, 6) is -0.585. The lowest BCUT2D eigenvalue weighted by Crippen LogP contribution is -2.46. The van der Waals surface area contributed by atoms with Crippen LogP contribution in [0, 0.1) is 5.92 Å². The number of amides is 1. The molecule has 0 radical (unpaired) electrons. The van der Waals surface area contributed by atoms with Crippen molar-refractivity contribution in [2.75, 3.05) is 25.5 Å². The van der Waals surface area contributed by atoms with Crippen LogP contribution in [0.2, 0.25) is 5.02 Å². The Hall–Kier alpha value is -1.79. The third-order valence-electron chi connectivity index (χ3n) is 4.21. The average molecular weight is 341 g/mol. The number of aromatic hydroxyl groups is 1. The number of piperidine rings is 1. The Labute approximate surface area is 140 Å². The molecule has 1 unspecified atom stereocenters. The number of nitrogens with one attached hydrogen (secondary N) is 1. The number of methoxy groups -OCH3 is 1. The standard InChI is InChI=1S/C16H21ClN2O4/c1-10(16(22)23-2)19-7-5-11(6-8-19)15(21)18-13-9-12(17)3-4-14(13)20/h3-4,9-11,20H,5-8H2,1-2H3,(H,18,21). The van der Waals surface area contributed by atoms with E-state index in [-0.39, 0.29) is 29.6 Å². The van der Waals surface area contributed by atoms with Crippen LogP contribution in [0.15, 0.2) is 18.2 Å². The summed E-state index contributed by atoms with van der Waals surface area (Å²) in [5.41, 5.74) is 0.313. The van der Waals surface area contributed by atoms with Gasteiger partial charge in [-0.1, -0.05) is 11.6 Å². The zero-order chi connectivity index (χ0) is 17.0. The summed E-state index contributed by atoms with van der Waals surface area (Å²) in [5, 5.41) is 12.9. The van der Waals surface area contributed by atoms with E-state index < -0.39 is 0 Å². The lowest BCUT2D eigenvalue weighted by molar-refractivity contribution is -0.146. The predicted molar refractivity (Wildman–Crippen MR) is 87.5 cm³/mol. The molecule has 0 spiro atoms. The number of anilines is 1. The first-order valence-electron chi connectivity index (χ1n) is 7.53. The molecule has 1 atom stereocenters. The highest BCUT2D eigenvalue weighted by molar-refractivity contribution is 6.31. The molecule has 1 amide bonds. The van der Waals surface area contributed by atoms with Gasteiger partial charge in [0.25, 0.3) is 0 Å². The molecule has 6 nitrogen and oxygen atoms in total. The number of hydrogen-bond acceptors (Lipinski definition) is 5. The molecule has 2 rings (SSSR count). The fourth-order valence-electron chi connectivity index (χ4n) is 2.71. The molecule has 1 heterocycles. The maximum Gasteiger partial charge on any atom is 0.322 e. The Morgan fingerprint density at radius 2 is 2.04 bits per heavy atom. The van der Waals surface area contributed by atoms with Gasteiger partial charge in [-0.05, 0) is 51.1 Å². The largest absolute Gasteiger partial charge is 0.506 e. The van der Waals surface area contributed by atoms with Gasteiger partial charge in [0, 0.05) is 10.9 Å². The topological polar surface area (TPSA) is 78.9 Å². The molecule has 0 aromatic heterocycles. The molecule has 7 heteroatoms. The van der Waals surface area contributed by atoms with Crippen LogP contribution in [0.1, 0.15) is 19.8 Å². The van der Waals surface area contributed by atoms with Gasteiger partial charge in [-0.15, -0.1) is 0 Å². The van der Waals surface area contributed by atoms with Crippen molar-refractivity contribution in [3.63, 3.8) is 0 Å². The van der Waals surface area contributed by atoms with E-state index in [0.29, 0.717) is 36.6 Å². The van der Waals surface area contributed by atoms with Crippen molar-refractivity contribution in [1.82, 2.24) is 4.90 Å². The van der Waals surface area contributed by atoms with Crippen LogP contribution in [0.25, 0.3) is 0 Å². The second kappa shape index (κ2) is 7.66. The first-order chi connectivity index (χ1) is 10.9. The van der Waals surface area contributed by atoms with Crippen molar-refractivity contribution in [2.45, 2.75) is 25.8 Å². The van der Waals surface area contributed by atoms with Crippen molar-refractivity contribution >= 4 is 29.2 Å². The molecule has 0 bridgehead atoms. The van der Waals surface area contributed by atoms with Gasteiger partial charge in [0.15, 0.2) is 0 Å². The normalized spacial score (nSPS) is 17.5. The third kappa shape index (κ3) is 4.36. The lowest BCUT2D eigenvalue weighted by Gasteiger charge is -2.34. The molecule has 23 heavy (non-hydrogen) atoms. The highest BCUT2D eigenvalue weighted by Gasteiger charge is 2.30. The van der Waals surface area contributed by atoms with Crippen LogP contribution in [0.3, 0.4) is 0 Å². The smallest absolute Gasteiger partial charge is 0.322 e. The van der Waals surface area contributed by atoms with Gasteiger partial charge in [-0.25, -0.2) is 0 Å². The van der Waals surface area contributed by atoms with E-state index >= 15 is 0 Å². The number of halogens is 1. The number of rotatable bonds is 4.